The van der Waals surface area contributed by atoms with Crippen LogP contribution in [0.2, 0.25) is 0 Å². The van der Waals surface area contributed by atoms with Gasteiger partial charge in [-0.1, -0.05) is 0 Å². The predicted octanol–water partition coefficient (Wildman–Crippen LogP) is 2.80. The van der Waals surface area contributed by atoms with E-state index in [1.54, 1.807) is 12.4 Å². The van der Waals surface area contributed by atoms with E-state index in [1.807, 2.05) is 6.07 Å². The lowest BCUT2D eigenvalue weighted by Crippen LogP contribution is -2.38. The third kappa shape index (κ3) is 3.87. The first-order chi connectivity index (χ1) is 8.63. The molecule has 2 rings (SSSR count). The van der Waals surface area contributed by atoms with Crippen LogP contribution in [0.25, 0.3) is 0 Å². The summed E-state index contributed by atoms with van der Waals surface area (Å²) >= 11 is 3.35. The van der Waals surface area contributed by atoms with Gasteiger partial charge in [0.05, 0.1) is 12.3 Å². The molecule has 1 aromatic rings. The number of carbonyl (C=O) groups is 1. The van der Waals surface area contributed by atoms with E-state index < -0.39 is 6.09 Å². The fourth-order valence-electron chi connectivity index (χ4n) is 2.15. The van der Waals surface area contributed by atoms with Gasteiger partial charge in [-0.3, -0.25) is 4.98 Å². The van der Waals surface area contributed by atoms with Gasteiger partial charge in [0, 0.05) is 16.7 Å². The van der Waals surface area contributed by atoms with Crippen molar-refractivity contribution in [3.63, 3.8) is 0 Å². The molecule has 6 heteroatoms. The van der Waals surface area contributed by atoms with E-state index >= 15 is 0 Å². The van der Waals surface area contributed by atoms with Crippen LogP contribution in [-0.2, 0) is 0 Å². The van der Waals surface area contributed by atoms with Gasteiger partial charge in [-0.2, -0.15) is 0 Å². The quantitative estimate of drug-likeness (QED) is 0.900. The molecule has 0 saturated heterocycles. The lowest BCUT2D eigenvalue weighted by atomic mass is 9.93. The summed E-state index contributed by atoms with van der Waals surface area (Å²) in [7, 11) is 0. The molecule has 1 aliphatic rings. The summed E-state index contributed by atoms with van der Waals surface area (Å²) in [6.07, 6.45) is 5.95. The van der Waals surface area contributed by atoms with Gasteiger partial charge in [0.2, 0.25) is 0 Å². The van der Waals surface area contributed by atoms with Crippen LogP contribution < -0.4 is 10.1 Å². The average molecular weight is 315 g/mol. The van der Waals surface area contributed by atoms with E-state index in [9.17, 15) is 4.79 Å². The van der Waals surface area contributed by atoms with E-state index in [2.05, 4.69) is 26.2 Å². The second kappa shape index (κ2) is 6.04. The third-order valence-electron chi connectivity index (χ3n) is 2.98. The summed E-state index contributed by atoms with van der Waals surface area (Å²) in [4.78, 5) is 14.6. The number of rotatable bonds is 3. The smallest absolute Gasteiger partial charge is 0.404 e. The van der Waals surface area contributed by atoms with E-state index in [0.717, 1.165) is 35.9 Å². The van der Waals surface area contributed by atoms with Gasteiger partial charge in [-0.05, 0) is 47.7 Å². The minimum absolute atomic E-state index is 0.0583. The van der Waals surface area contributed by atoms with Gasteiger partial charge in [0.15, 0.2) is 0 Å². The Morgan fingerprint density at radius 1 is 1.39 bits per heavy atom. The van der Waals surface area contributed by atoms with E-state index in [1.165, 1.54) is 0 Å². The van der Waals surface area contributed by atoms with Crippen molar-refractivity contribution >= 4 is 22.0 Å². The van der Waals surface area contributed by atoms with Crippen molar-refractivity contribution in [2.45, 2.75) is 37.8 Å². The zero-order valence-corrected chi connectivity index (χ0v) is 11.4. The Labute approximate surface area is 114 Å². The molecule has 0 bridgehead atoms. The zero-order valence-electron chi connectivity index (χ0n) is 9.80. The Kier molecular flexibility index (Phi) is 4.41. The Bertz CT molecular complexity index is 420. The molecule has 5 nitrogen and oxygen atoms in total. The first kappa shape index (κ1) is 13.1. The largest absolute Gasteiger partial charge is 0.489 e. The lowest BCUT2D eigenvalue weighted by molar-refractivity contribution is 0.134. The minimum Gasteiger partial charge on any atom is -0.489 e. The molecule has 0 unspecified atom stereocenters. The zero-order chi connectivity index (χ0) is 13.0. The maximum absolute atomic E-state index is 10.5. The number of ether oxygens (including phenoxy) is 1. The van der Waals surface area contributed by atoms with E-state index in [0.29, 0.717) is 0 Å². The monoisotopic (exact) mass is 314 g/mol. The van der Waals surface area contributed by atoms with E-state index in [4.69, 9.17) is 9.84 Å². The van der Waals surface area contributed by atoms with Crippen molar-refractivity contribution in [3.05, 3.63) is 22.9 Å². The van der Waals surface area contributed by atoms with Gasteiger partial charge >= 0.3 is 6.09 Å². The van der Waals surface area contributed by atoms with Crippen molar-refractivity contribution in [1.29, 1.82) is 0 Å². The van der Waals surface area contributed by atoms with Crippen LogP contribution in [-0.4, -0.2) is 28.3 Å². The highest BCUT2D eigenvalue weighted by molar-refractivity contribution is 9.10. The Morgan fingerprint density at radius 3 is 2.72 bits per heavy atom. The fraction of sp³-hybridized carbons (Fsp3) is 0.500. The molecule has 1 saturated carbocycles. The van der Waals surface area contributed by atoms with Crippen molar-refractivity contribution < 1.29 is 14.6 Å². The SMILES string of the molecule is O=C(O)NC1CCC(Oc2cncc(Br)c2)CC1. The topological polar surface area (TPSA) is 71.5 Å². The number of pyridine rings is 1. The summed E-state index contributed by atoms with van der Waals surface area (Å²) in [5.74, 6) is 0.749. The van der Waals surface area contributed by atoms with Crippen LogP contribution in [0.15, 0.2) is 22.9 Å². The number of nitrogens with zero attached hydrogens (tertiary/aromatic N) is 1. The summed E-state index contributed by atoms with van der Waals surface area (Å²) in [5.41, 5.74) is 0. The molecular formula is C12H15BrN2O3. The first-order valence-corrected chi connectivity index (χ1v) is 6.69. The number of hydrogen-bond donors (Lipinski definition) is 2. The molecule has 1 heterocycles. The summed E-state index contributed by atoms with van der Waals surface area (Å²) < 4.78 is 6.71. The van der Waals surface area contributed by atoms with Crippen molar-refractivity contribution in [2.75, 3.05) is 0 Å². The van der Waals surface area contributed by atoms with Gasteiger partial charge in [-0.15, -0.1) is 0 Å². The lowest BCUT2D eigenvalue weighted by Gasteiger charge is -2.28. The highest BCUT2D eigenvalue weighted by Gasteiger charge is 2.23. The minimum atomic E-state index is -0.949. The normalized spacial score (nSPS) is 23.4. The molecule has 1 fully saturated rings. The van der Waals surface area contributed by atoms with Crippen molar-refractivity contribution in [3.8, 4) is 5.75 Å². The summed E-state index contributed by atoms with van der Waals surface area (Å²) in [6, 6.07) is 1.94. The highest BCUT2D eigenvalue weighted by Crippen LogP contribution is 2.24. The molecule has 1 amide bonds. The van der Waals surface area contributed by atoms with Crippen LogP contribution in [0.3, 0.4) is 0 Å². The first-order valence-electron chi connectivity index (χ1n) is 5.90. The van der Waals surface area contributed by atoms with Crippen LogP contribution in [0.4, 0.5) is 4.79 Å². The highest BCUT2D eigenvalue weighted by atomic mass is 79.9. The third-order valence-corrected chi connectivity index (χ3v) is 3.42. The standard InChI is InChI=1S/C12H15BrN2O3/c13-8-5-11(7-14-6-8)18-10-3-1-9(2-4-10)15-12(16)17/h5-7,9-10,15H,1-4H2,(H,16,17). The molecule has 0 radical (unpaired) electrons. The molecule has 0 aromatic carbocycles. The molecular weight excluding hydrogens is 300 g/mol. The van der Waals surface area contributed by atoms with E-state index in [-0.39, 0.29) is 12.1 Å². The summed E-state index contributed by atoms with van der Waals surface area (Å²) in [5, 5.41) is 11.2. The Hall–Kier alpha value is -1.30. The second-order valence-corrected chi connectivity index (χ2v) is 5.30. The average Bonchev–Trinajstić information content (AvgIpc) is 2.31. The number of hydrogen-bond acceptors (Lipinski definition) is 3. The molecule has 2 N–H and O–H groups in total. The summed E-state index contributed by atoms with van der Waals surface area (Å²) in [6.45, 7) is 0. The maximum Gasteiger partial charge on any atom is 0.404 e. The second-order valence-electron chi connectivity index (χ2n) is 4.38. The molecule has 0 atom stereocenters. The molecule has 1 aliphatic carbocycles. The van der Waals surface area contributed by atoms with Crippen molar-refractivity contribution in [2.24, 2.45) is 0 Å². The fourth-order valence-corrected chi connectivity index (χ4v) is 2.49. The molecule has 18 heavy (non-hydrogen) atoms. The number of nitrogens with one attached hydrogen (secondary N) is 1. The Balaban J connectivity index is 1.81. The van der Waals surface area contributed by atoms with Crippen molar-refractivity contribution in [1.82, 2.24) is 10.3 Å². The van der Waals surface area contributed by atoms with Crippen LogP contribution in [0.1, 0.15) is 25.7 Å². The van der Waals surface area contributed by atoms with Gasteiger partial charge in [0.1, 0.15) is 5.75 Å². The van der Waals surface area contributed by atoms with Crippen LogP contribution >= 0.6 is 15.9 Å². The molecule has 0 spiro atoms. The number of carboxylic acid groups (broad SMARTS) is 1. The molecule has 1 aromatic heterocycles. The van der Waals surface area contributed by atoms with Crippen LogP contribution in [0.5, 0.6) is 5.75 Å². The number of aromatic nitrogens is 1. The van der Waals surface area contributed by atoms with Gasteiger partial charge < -0.3 is 15.2 Å². The predicted molar refractivity (Wildman–Crippen MR) is 69.8 cm³/mol. The molecule has 98 valence electrons. The molecule has 0 aliphatic heterocycles. The number of amides is 1. The van der Waals surface area contributed by atoms with Crippen LogP contribution in [0, 0.1) is 0 Å². The van der Waals surface area contributed by atoms with Gasteiger partial charge in [-0.25, -0.2) is 4.79 Å². The Morgan fingerprint density at radius 2 is 2.11 bits per heavy atom. The van der Waals surface area contributed by atoms with Gasteiger partial charge in [0.25, 0.3) is 0 Å². The number of halogens is 1. The maximum atomic E-state index is 10.5.